The van der Waals surface area contributed by atoms with Crippen molar-refractivity contribution in [2.24, 2.45) is 5.92 Å². The van der Waals surface area contributed by atoms with Gasteiger partial charge in [-0.05, 0) is 59.2 Å². The molecule has 1 aliphatic heterocycles. The molecular weight excluding hydrogens is 184 g/mol. The van der Waals surface area contributed by atoms with E-state index in [4.69, 9.17) is 0 Å². The highest BCUT2D eigenvalue weighted by molar-refractivity contribution is 4.87. The zero-order valence-electron chi connectivity index (χ0n) is 10.5. The van der Waals surface area contributed by atoms with Crippen molar-refractivity contribution in [3.05, 3.63) is 12.2 Å². The smallest absolute Gasteiger partial charge is 0.0131 e. The fourth-order valence-corrected chi connectivity index (χ4v) is 2.19. The molecule has 0 aromatic rings. The van der Waals surface area contributed by atoms with Crippen LogP contribution in [0.25, 0.3) is 0 Å². The zero-order chi connectivity index (χ0) is 11.1. The lowest BCUT2D eigenvalue weighted by atomic mass is 9.93. The van der Waals surface area contributed by atoms with Gasteiger partial charge in [-0.15, -0.1) is 0 Å². The van der Waals surface area contributed by atoms with E-state index in [0.29, 0.717) is 0 Å². The third-order valence-corrected chi connectivity index (χ3v) is 3.34. The zero-order valence-corrected chi connectivity index (χ0v) is 10.5. The van der Waals surface area contributed by atoms with Crippen LogP contribution in [0.4, 0.5) is 0 Å². The van der Waals surface area contributed by atoms with E-state index < -0.39 is 0 Å². The molecule has 0 saturated carbocycles. The summed E-state index contributed by atoms with van der Waals surface area (Å²) in [6.07, 6.45) is 8.61. The number of hydrogen-bond acceptors (Lipinski definition) is 2. The third-order valence-electron chi connectivity index (χ3n) is 3.34. The second kappa shape index (κ2) is 7.02. The predicted octanol–water partition coefficient (Wildman–Crippen LogP) is 2.27. The van der Waals surface area contributed by atoms with E-state index in [1.165, 1.54) is 32.4 Å². The first-order valence-electron chi connectivity index (χ1n) is 6.27. The number of likely N-dealkylation sites (N-methyl/N-ethyl adjacent to an activating group) is 1. The maximum atomic E-state index is 3.13. The molecule has 2 heteroatoms. The summed E-state index contributed by atoms with van der Waals surface area (Å²) in [4.78, 5) is 2.59. The van der Waals surface area contributed by atoms with Gasteiger partial charge in [0.05, 0.1) is 0 Å². The van der Waals surface area contributed by atoms with Crippen molar-refractivity contribution < 1.29 is 0 Å². The van der Waals surface area contributed by atoms with Crippen LogP contribution in [0.5, 0.6) is 0 Å². The van der Waals surface area contributed by atoms with E-state index in [1.54, 1.807) is 0 Å². The highest BCUT2D eigenvalue weighted by atomic mass is 15.1. The van der Waals surface area contributed by atoms with E-state index in [1.807, 2.05) is 7.05 Å². The van der Waals surface area contributed by atoms with Crippen molar-refractivity contribution in [1.29, 1.82) is 0 Å². The molecule has 0 unspecified atom stereocenters. The first-order valence-corrected chi connectivity index (χ1v) is 6.27. The molecule has 1 aliphatic rings. The molecule has 0 aliphatic carbocycles. The Morgan fingerprint density at radius 3 is 2.47 bits per heavy atom. The van der Waals surface area contributed by atoms with Crippen LogP contribution in [-0.4, -0.2) is 37.6 Å². The molecule has 0 radical (unpaired) electrons. The molecule has 0 spiro atoms. The lowest BCUT2D eigenvalue weighted by Gasteiger charge is -2.34. The largest absolute Gasteiger partial charge is 0.316 e. The monoisotopic (exact) mass is 210 g/mol. The summed E-state index contributed by atoms with van der Waals surface area (Å²) in [6.45, 7) is 8.19. The van der Waals surface area contributed by atoms with Crippen LogP contribution in [0.15, 0.2) is 12.2 Å². The molecular formula is C13H26N2. The number of hydrogen-bond donors (Lipinski definition) is 1. The number of rotatable bonds is 5. The number of piperidine rings is 1. The van der Waals surface area contributed by atoms with Gasteiger partial charge in [0.2, 0.25) is 0 Å². The Kier molecular flexibility index (Phi) is 5.96. The molecule has 1 N–H and O–H groups in total. The number of allylic oxidation sites excluding steroid dienone is 1. The van der Waals surface area contributed by atoms with Crippen molar-refractivity contribution in [3.63, 3.8) is 0 Å². The highest BCUT2D eigenvalue weighted by Gasteiger charge is 2.19. The van der Waals surface area contributed by atoms with Crippen LogP contribution < -0.4 is 5.32 Å². The van der Waals surface area contributed by atoms with Crippen molar-refractivity contribution in [1.82, 2.24) is 10.2 Å². The van der Waals surface area contributed by atoms with Crippen molar-refractivity contribution in [2.75, 3.05) is 26.7 Å². The highest BCUT2D eigenvalue weighted by Crippen LogP contribution is 2.21. The fraction of sp³-hybridized carbons (Fsp3) is 0.846. The van der Waals surface area contributed by atoms with Gasteiger partial charge in [-0.3, -0.25) is 0 Å². The van der Waals surface area contributed by atoms with Crippen LogP contribution >= 0.6 is 0 Å². The van der Waals surface area contributed by atoms with Gasteiger partial charge in [-0.1, -0.05) is 12.2 Å². The molecule has 1 rings (SSSR count). The number of nitrogens with one attached hydrogen (secondary N) is 1. The fourth-order valence-electron chi connectivity index (χ4n) is 2.19. The Balaban J connectivity index is 2.14. The van der Waals surface area contributed by atoms with Crippen molar-refractivity contribution >= 4 is 0 Å². The van der Waals surface area contributed by atoms with Crippen molar-refractivity contribution in [2.45, 2.75) is 39.2 Å². The second-order valence-corrected chi connectivity index (χ2v) is 4.84. The minimum atomic E-state index is 0.728. The maximum absolute atomic E-state index is 3.13. The molecule has 1 saturated heterocycles. The average Bonchev–Trinajstić information content (AvgIpc) is 2.25. The van der Waals surface area contributed by atoms with Gasteiger partial charge in [-0.2, -0.15) is 0 Å². The van der Waals surface area contributed by atoms with Gasteiger partial charge in [0.1, 0.15) is 0 Å². The summed E-state index contributed by atoms with van der Waals surface area (Å²) in [6, 6.07) is 0.728. The molecule has 0 aromatic carbocycles. The van der Waals surface area contributed by atoms with Crippen LogP contribution in [0.2, 0.25) is 0 Å². The SMILES string of the molecule is CNC/C=C\CC1CCN(C(C)C)CC1. The van der Waals surface area contributed by atoms with E-state index in [0.717, 1.165) is 18.5 Å². The topological polar surface area (TPSA) is 15.3 Å². The van der Waals surface area contributed by atoms with Crippen LogP contribution in [0, 0.1) is 5.92 Å². The van der Waals surface area contributed by atoms with Crippen LogP contribution in [0.1, 0.15) is 33.1 Å². The minimum Gasteiger partial charge on any atom is -0.316 e. The Hall–Kier alpha value is -0.340. The molecule has 1 heterocycles. The average molecular weight is 210 g/mol. The lowest BCUT2D eigenvalue weighted by Crippen LogP contribution is -2.38. The summed E-state index contributed by atoms with van der Waals surface area (Å²) < 4.78 is 0. The van der Waals surface area contributed by atoms with Crippen molar-refractivity contribution in [3.8, 4) is 0 Å². The Bertz CT molecular complexity index is 179. The first-order chi connectivity index (χ1) is 7.24. The summed E-state index contributed by atoms with van der Waals surface area (Å²) in [7, 11) is 1.99. The van der Waals surface area contributed by atoms with E-state index in [-0.39, 0.29) is 0 Å². The molecule has 15 heavy (non-hydrogen) atoms. The maximum Gasteiger partial charge on any atom is 0.0131 e. The second-order valence-electron chi connectivity index (χ2n) is 4.84. The summed E-state index contributed by atoms with van der Waals surface area (Å²) in [5.74, 6) is 0.924. The van der Waals surface area contributed by atoms with Gasteiger partial charge < -0.3 is 10.2 Å². The van der Waals surface area contributed by atoms with Gasteiger partial charge in [-0.25, -0.2) is 0 Å². The van der Waals surface area contributed by atoms with E-state index in [2.05, 4.69) is 36.2 Å². The van der Waals surface area contributed by atoms with E-state index >= 15 is 0 Å². The lowest BCUT2D eigenvalue weighted by molar-refractivity contribution is 0.150. The summed E-state index contributed by atoms with van der Waals surface area (Å²) >= 11 is 0. The summed E-state index contributed by atoms with van der Waals surface area (Å²) in [5, 5.41) is 3.13. The molecule has 88 valence electrons. The predicted molar refractivity (Wildman–Crippen MR) is 67.1 cm³/mol. The molecule has 0 amide bonds. The quantitative estimate of drug-likeness (QED) is 0.700. The summed E-state index contributed by atoms with van der Waals surface area (Å²) in [5.41, 5.74) is 0. The molecule has 0 aromatic heterocycles. The molecule has 0 atom stereocenters. The van der Waals surface area contributed by atoms with Crippen LogP contribution in [0.3, 0.4) is 0 Å². The molecule has 0 bridgehead atoms. The first kappa shape index (κ1) is 12.7. The standard InChI is InChI=1S/C13H26N2/c1-12(2)15-10-7-13(8-11-15)6-4-5-9-14-3/h4-5,12-14H,6-11H2,1-3H3/b5-4-. The van der Waals surface area contributed by atoms with Gasteiger partial charge in [0.15, 0.2) is 0 Å². The normalized spacial score (nSPS) is 20.5. The van der Waals surface area contributed by atoms with Gasteiger partial charge >= 0.3 is 0 Å². The van der Waals surface area contributed by atoms with Crippen LogP contribution in [-0.2, 0) is 0 Å². The molecule has 1 fully saturated rings. The van der Waals surface area contributed by atoms with Gasteiger partial charge in [0, 0.05) is 12.6 Å². The third kappa shape index (κ3) is 4.80. The molecule has 2 nitrogen and oxygen atoms in total. The Morgan fingerprint density at radius 1 is 1.27 bits per heavy atom. The Labute approximate surface area is 94.7 Å². The Morgan fingerprint density at radius 2 is 1.93 bits per heavy atom. The van der Waals surface area contributed by atoms with E-state index in [9.17, 15) is 0 Å². The minimum absolute atomic E-state index is 0.728. The number of nitrogens with zero attached hydrogens (tertiary/aromatic N) is 1. The van der Waals surface area contributed by atoms with Gasteiger partial charge in [0.25, 0.3) is 0 Å². The number of likely N-dealkylation sites (tertiary alicyclic amines) is 1.